The molecule has 0 aliphatic heterocycles. The van der Waals surface area contributed by atoms with Gasteiger partial charge in [-0.15, -0.1) is 0 Å². The molecular formula is C20H16ClFN2O2. The molecule has 0 saturated carbocycles. The number of carbonyl (C=O) groups excluding carboxylic acids is 1. The van der Waals surface area contributed by atoms with Crippen molar-refractivity contribution in [2.45, 2.75) is 13.5 Å². The van der Waals surface area contributed by atoms with Crippen molar-refractivity contribution in [3.63, 3.8) is 0 Å². The quantitative estimate of drug-likeness (QED) is 0.746. The summed E-state index contributed by atoms with van der Waals surface area (Å²) in [6.45, 7) is 1.95. The molecule has 0 atom stereocenters. The highest BCUT2D eigenvalue weighted by molar-refractivity contribution is 6.30. The molecule has 1 N–H and O–H groups in total. The fraction of sp³-hybridized carbons (Fsp3) is 0.100. The van der Waals surface area contributed by atoms with Crippen molar-refractivity contribution in [3.8, 4) is 0 Å². The zero-order valence-corrected chi connectivity index (χ0v) is 14.8. The number of pyridine rings is 1. The maximum Gasteiger partial charge on any atom is 0.263 e. The first-order valence-corrected chi connectivity index (χ1v) is 8.33. The Morgan fingerprint density at radius 2 is 1.88 bits per heavy atom. The Hall–Kier alpha value is -2.92. The third-order valence-electron chi connectivity index (χ3n) is 3.96. The SMILES string of the molecule is Cc1ccc(NC(=O)c2cccn(Cc3ccc(Cl)cc3)c2=O)cc1F. The number of hydrogen-bond acceptors (Lipinski definition) is 2. The largest absolute Gasteiger partial charge is 0.322 e. The molecule has 0 fully saturated rings. The molecule has 1 amide bonds. The van der Waals surface area contributed by atoms with Crippen LogP contribution in [0.15, 0.2) is 65.6 Å². The van der Waals surface area contributed by atoms with Gasteiger partial charge in [0.15, 0.2) is 0 Å². The van der Waals surface area contributed by atoms with E-state index in [1.54, 1.807) is 43.5 Å². The lowest BCUT2D eigenvalue weighted by atomic mass is 10.2. The highest BCUT2D eigenvalue weighted by Crippen LogP contribution is 2.14. The van der Waals surface area contributed by atoms with Crippen LogP contribution in [0.2, 0.25) is 5.02 Å². The zero-order valence-electron chi connectivity index (χ0n) is 14.0. The number of nitrogens with one attached hydrogen (secondary N) is 1. The molecule has 0 aliphatic carbocycles. The van der Waals surface area contributed by atoms with Crippen molar-refractivity contribution >= 4 is 23.2 Å². The Labute approximate surface area is 154 Å². The second-order valence-corrected chi connectivity index (χ2v) is 6.34. The highest BCUT2D eigenvalue weighted by atomic mass is 35.5. The van der Waals surface area contributed by atoms with Gasteiger partial charge in [0.05, 0.1) is 6.54 Å². The molecule has 0 spiro atoms. The van der Waals surface area contributed by atoms with Crippen LogP contribution < -0.4 is 10.9 Å². The Kier molecular flexibility index (Phi) is 5.19. The Morgan fingerprint density at radius 3 is 2.58 bits per heavy atom. The van der Waals surface area contributed by atoms with Gasteiger partial charge in [-0.05, 0) is 54.4 Å². The maximum absolute atomic E-state index is 13.6. The molecule has 1 heterocycles. The molecule has 3 rings (SSSR count). The second-order valence-electron chi connectivity index (χ2n) is 5.90. The number of amides is 1. The van der Waals surface area contributed by atoms with Crippen LogP contribution in [-0.2, 0) is 6.54 Å². The van der Waals surface area contributed by atoms with Gasteiger partial charge < -0.3 is 9.88 Å². The molecular weight excluding hydrogens is 355 g/mol. The third kappa shape index (κ3) is 4.00. The van der Waals surface area contributed by atoms with Gasteiger partial charge in [0, 0.05) is 16.9 Å². The molecule has 3 aromatic rings. The second kappa shape index (κ2) is 7.54. The first-order valence-electron chi connectivity index (χ1n) is 7.95. The molecule has 132 valence electrons. The number of aromatic nitrogens is 1. The normalized spacial score (nSPS) is 10.6. The first kappa shape index (κ1) is 17.9. The van der Waals surface area contributed by atoms with E-state index >= 15 is 0 Å². The van der Waals surface area contributed by atoms with Crippen LogP contribution in [-0.4, -0.2) is 10.5 Å². The van der Waals surface area contributed by atoms with Gasteiger partial charge in [0.25, 0.3) is 11.5 Å². The monoisotopic (exact) mass is 370 g/mol. The molecule has 1 aromatic heterocycles. The van der Waals surface area contributed by atoms with Crippen molar-refractivity contribution in [1.29, 1.82) is 0 Å². The van der Waals surface area contributed by atoms with Gasteiger partial charge in [-0.3, -0.25) is 9.59 Å². The fourth-order valence-corrected chi connectivity index (χ4v) is 2.62. The highest BCUT2D eigenvalue weighted by Gasteiger charge is 2.13. The zero-order chi connectivity index (χ0) is 18.7. The van der Waals surface area contributed by atoms with Crippen molar-refractivity contribution < 1.29 is 9.18 Å². The van der Waals surface area contributed by atoms with Gasteiger partial charge in [-0.1, -0.05) is 29.8 Å². The van der Waals surface area contributed by atoms with E-state index in [-0.39, 0.29) is 5.56 Å². The summed E-state index contributed by atoms with van der Waals surface area (Å²) < 4.78 is 15.1. The summed E-state index contributed by atoms with van der Waals surface area (Å²) in [4.78, 5) is 25.0. The van der Waals surface area contributed by atoms with Crippen LogP contribution in [0.4, 0.5) is 10.1 Å². The van der Waals surface area contributed by atoms with Gasteiger partial charge in [-0.2, -0.15) is 0 Å². The molecule has 26 heavy (non-hydrogen) atoms. The molecule has 4 nitrogen and oxygen atoms in total. The van der Waals surface area contributed by atoms with E-state index < -0.39 is 17.3 Å². The molecule has 0 bridgehead atoms. The van der Waals surface area contributed by atoms with Crippen LogP contribution in [0.5, 0.6) is 0 Å². The summed E-state index contributed by atoms with van der Waals surface area (Å²) in [6, 6.07) is 14.6. The summed E-state index contributed by atoms with van der Waals surface area (Å²) in [6.07, 6.45) is 1.61. The Balaban J connectivity index is 1.83. The lowest BCUT2D eigenvalue weighted by Gasteiger charge is -2.09. The molecule has 0 radical (unpaired) electrons. The predicted molar refractivity (Wildman–Crippen MR) is 100 cm³/mol. The summed E-state index contributed by atoms with van der Waals surface area (Å²) in [5.41, 5.74) is 1.23. The summed E-state index contributed by atoms with van der Waals surface area (Å²) in [5, 5.41) is 3.17. The van der Waals surface area contributed by atoms with E-state index in [0.29, 0.717) is 22.8 Å². The van der Waals surface area contributed by atoms with Crippen LogP contribution >= 0.6 is 11.6 Å². The van der Waals surface area contributed by atoms with Crippen molar-refractivity contribution in [1.82, 2.24) is 4.57 Å². The molecule has 0 unspecified atom stereocenters. The number of benzene rings is 2. The standard InChI is InChI=1S/C20H16ClFN2O2/c1-13-4-9-16(11-18(13)22)23-19(25)17-3-2-10-24(20(17)26)12-14-5-7-15(21)8-6-14/h2-11H,12H2,1H3,(H,23,25). The minimum atomic E-state index is -0.580. The Bertz CT molecular complexity index is 1010. The number of carbonyl (C=O) groups is 1. The van der Waals surface area contributed by atoms with Crippen LogP contribution in [0.25, 0.3) is 0 Å². The Morgan fingerprint density at radius 1 is 1.15 bits per heavy atom. The van der Waals surface area contributed by atoms with Crippen LogP contribution in [0.1, 0.15) is 21.5 Å². The number of aryl methyl sites for hydroxylation is 1. The number of hydrogen-bond donors (Lipinski definition) is 1. The smallest absolute Gasteiger partial charge is 0.263 e. The van der Waals surface area contributed by atoms with E-state index in [2.05, 4.69) is 5.32 Å². The van der Waals surface area contributed by atoms with Crippen molar-refractivity contribution in [2.24, 2.45) is 0 Å². The summed E-state index contributed by atoms with van der Waals surface area (Å²) in [5.74, 6) is -1.00. The van der Waals surface area contributed by atoms with Crippen LogP contribution in [0, 0.1) is 12.7 Å². The minimum Gasteiger partial charge on any atom is -0.322 e. The third-order valence-corrected chi connectivity index (χ3v) is 4.21. The molecule has 0 aliphatic rings. The number of halogens is 2. The number of anilines is 1. The predicted octanol–water partition coefficient (Wildman–Crippen LogP) is 4.25. The molecule has 6 heteroatoms. The van der Waals surface area contributed by atoms with E-state index in [0.717, 1.165) is 5.56 Å². The van der Waals surface area contributed by atoms with Gasteiger partial charge in [-0.25, -0.2) is 4.39 Å². The van der Waals surface area contributed by atoms with Gasteiger partial charge in [0.2, 0.25) is 0 Å². The summed E-state index contributed by atoms with van der Waals surface area (Å²) in [7, 11) is 0. The average molecular weight is 371 g/mol. The van der Waals surface area contributed by atoms with Gasteiger partial charge >= 0.3 is 0 Å². The average Bonchev–Trinajstić information content (AvgIpc) is 2.62. The maximum atomic E-state index is 13.6. The lowest BCUT2D eigenvalue weighted by Crippen LogP contribution is -2.29. The minimum absolute atomic E-state index is 0.0116. The lowest BCUT2D eigenvalue weighted by molar-refractivity contribution is 0.102. The van der Waals surface area contributed by atoms with Crippen LogP contribution in [0.3, 0.4) is 0 Å². The van der Waals surface area contributed by atoms with Crippen molar-refractivity contribution in [3.05, 3.63) is 98.7 Å². The first-order chi connectivity index (χ1) is 12.4. The number of rotatable bonds is 4. The fourth-order valence-electron chi connectivity index (χ4n) is 2.49. The molecule has 2 aromatic carbocycles. The number of nitrogens with zero attached hydrogens (tertiary/aromatic N) is 1. The van der Waals surface area contributed by atoms with Crippen molar-refractivity contribution in [2.75, 3.05) is 5.32 Å². The van der Waals surface area contributed by atoms with E-state index in [9.17, 15) is 14.0 Å². The van der Waals surface area contributed by atoms with E-state index in [1.165, 1.54) is 16.7 Å². The summed E-state index contributed by atoms with van der Waals surface area (Å²) >= 11 is 5.86. The van der Waals surface area contributed by atoms with Gasteiger partial charge in [0.1, 0.15) is 11.4 Å². The topological polar surface area (TPSA) is 51.1 Å². The van der Waals surface area contributed by atoms with E-state index in [1.807, 2.05) is 12.1 Å². The molecule has 0 saturated heterocycles. The van der Waals surface area contributed by atoms with E-state index in [4.69, 9.17) is 11.6 Å².